The average molecular weight is 331 g/mol. The lowest BCUT2D eigenvalue weighted by Gasteiger charge is -2.08. The number of benzene rings is 1. The molecule has 0 atom stereocenters. The van der Waals surface area contributed by atoms with Gasteiger partial charge in [-0.2, -0.15) is 0 Å². The van der Waals surface area contributed by atoms with Gasteiger partial charge in [-0.25, -0.2) is 0 Å². The predicted octanol–water partition coefficient (Wildman–Crippen LogP) is 1.38. The van der Waals surface area contributed by atoms with Gasteiger partial charge in [0.15, 0.2) is 0 Å². The summed E-state index contributed by atoms with van der Waals surface area (Å²) in [4.78, 5) is 11.6. The molecule has 0 radical (unpaired) electrons. The normalized spacial score (nSPS) is 10.4. The van der Waals surface area contributed by atoms with Crippen LogP contribution in [0.4, 0.5) is 5.69 Å². The van der Waals surface area contributed by atoms with Crippen LogP contribution in [0.5, 0.6) is 0 Å². The Hall–Kier alpha value is -0.950. The molecule has 0 aromatic heterocycles. The molecule has 1 amide bonds. The molecule has 5 nitrogen and oxygen atoms in total. The van der Waals surface area contributed by atoms with E-state index in [1.807, 2.05) is 24.3 Å². The summed E-state index contributed by atoms with van der Waals surface area (Å²) in [5.41, 5.74) is 0.764. The molecule has 1 aromatic carbocycles. The van der Waals surface area contributed by atoms with Gasteiger partial charge < -0.3 is 20.5 Å². The van der Waals surface area contributed by atoms with E-state index in [4.69, 9.17) is 9.84 Å². The number of para-hydroxylation sites is 1. The smallest absolute Gasteiger partial charge is 0.238 e. The zero-order valence-electron chi connectivity index (χ0n) is 10.7. The van der Waals surface area contributed by atoms with Gasteiger partial charge in [-0.15, -0.1) is 0 Å². The van der Waals surface area contributed by atoms with Crippen molar-refractivity contribution in [2.75, 3.05) is 38.2 Å². The summed E-state index contributed by atoms with van der Waals surface area (Å²) in [5, 5.41) is 14.3. The van der Waals surface area contributed by atoms with Gasteiger partial charge in [0.05, 0.1) is 25.4 Å². The Labute approximate surface area is 121 Å². The Balaban J connectivity index is 2.10. The van der Waals surface area contributed by atoms with Gasteiger partial charge in [-0.1, -0.05) is 12.1 Å². The number of aliphatic hydroxyl groups is 1. The van der Waals surface area contributed by atoms with Crippen LogP contribution in [-0.4, -0.2) is 43.9 Å². The van der Waals surface area contributed by atoms with Gasteiger partial charge in [-0.05, 0) is 41.0 Å². The average Bonchev–Trinajstić information content (AvgIpc) is 2.40. The highest BCUT2D eigenvalue weighted by molar-refractivity contribution is 9.10. The first-order valence-electron chi connectivity index (χ1n) is 6.17. The van der Waals surface area contributed by atoms with Crippen molar-refractivity contribution < 1.29 is 14.6 Å². The number of carbonyl (C=O) groups is 1. The molecular weight excluding hydrogens is 312 g/mol. The zero-order chi connectivity index (χ0) is 13.9. The quantitative estimate of drug-likeness (QED) is 0.598. The van der Waals surface area contributed by atoms with E-state index in [1.165, 1.54) is 0 Å². The third-order valence-electron chi connectivity index (χ3n) is 2.31. The minimum absolute atomic E-state index is 0.0434. The summed E-state index contributed by atoms with van der Waals surface area (Å²) < 4.78 is 5.97. The second-order valence-corrected chi connectivity index (χ2v) is 4.75. The number of hydrogen-bond acceptors (Lipinski definition) is 4. The summed E-state index contributed by atoms with van der Waals surface area (Å²) in [6.45, 7) is 1.96. The first-order valence-corrected chi connectivity index (χ1v) is 6.97. The van der Waals surface area contributed by atoms with Gasteiger partial charge in [-0.3, -0.25) is 4.79 Å². The summed E-state index contributed by atoms with van der Waals surface area (Å²) in [6, 6.07) is 7.48. The molecule has 0 aliphatic rings. The van der Waals surface area contributed by atoms with Crippen LogP contribution in [0, 0.1) is 0 Å². The van der Waals surface area contributed by atoms with Crippen LogP contribution in [0.3, 0.4) is 0 Å². The van der Waals surface area contributed by atoms with E-state index in [2.05, 4.69) is 26.6 Å². The van der Waals surface area contributed by atoms with Crippen LogP contribution in [0.2, 0.25) is 0 Å². The van der Waals surface area contributed by atoms with E-state index >= 15 is 0 Å². The number of rotatable bonds is 9. The molecule has 0 saturated carbocycles. The summed E-state index contributed by atoms with van der Waals surface area (Å²) in [5.74, 6) is -0.0804. The van der Waals surface area contributed by atoms with Gasteiger partial charge in [0.1, 0.15) is 0 Å². The monoisotopic (exact) mass is 330 g/mol. The van der Waals surface area contributed by atoms with Crippen molar-refractivity contribution in [3.05, 3.63) is 28.7 Å². The Morgan fingerprint density at radius 2 is 2.11 bits per heavy atom. The predicted molar refractivity (Wildman–Crippen MR) is 78.2 cm³/mol. The number of nitrogens with one attached hydrogen (secondary N) is 2. The number of anilines is 1. The summed E-state index contributed by atoms with van der Waals surface area (Å²) >= 11 is 3.37. The highest BCUT2D eigenvalue weighted by Crippen LogP contribution is 2.20. The van der Waals surface area contributed by atoms with Crippen LogP contribution in [0.25, 0.3) is 0 Å². The first-order chi connectivity index (χ1) is 9.24. The highest BCUT2D eigenvalue weighted by atomic mass is 79.9. The largest absolute Gasteiger partial charge is 0.394 e. The molecule has 0 spiro atoms. The first kappa shape index (κ1) is 16.1. The molecule has 106 valence electrons. The molecule has 0 saturated heterocycles. The van der Waals surface area contributed by atoms with Crippen molar-refractivity contribution in [3.63, 3.8) is 0 Å². The van der Waals surface area contributed by atoms with E-state index in [-0.39, 0.29) is 19.1 Å². The lowest BCUT2D eigenvalue weighted by atomic mass is 10.3. The van der Waals surface area contributed by atoms with Crippen molar-refractivity contribution in [2.45, 2.75) is 6.42 Å². The number of hydrogen-bond donors (Lipinski definition) is 3. The maximum absolute atomic E-state index is 11.6. The van der Waals surface area contributed by atoms with Crippen molar-refractivity contribution in [1.29, 1.82) is 0 Å². The standard InChI is InChI=1S/C13H19BrN2O3/c14-11-4-1-2-5-12(11)16-13(18)10-15-6-3-8-19-9-7-17/h1-2,4-5,15,17H,3,6-10H2,(H,16,18). The fourth-order valence-corrected chi connectivity index (χ4v) is 1.81. The molecule has 0 unspecified atom stereocenters. The Morgan fingerprint density at radius 1 is 1.32 bits per heavy atom. The zero-order valence-corrected chi connectivity index (χ0v) is 12.3. The van der Waals surface area contributed by atoms with Crippen molar-refractivity contribution in [3.8, 4) is 0 Å². The minimum Gasteiger partial charge on any atom is -0.394 e. The lowest BCUT2D eigenvalue weighted by Crippen LogP contribution is -2.29. The maximum atomic E-state index is 11.6. The van der Waals surface area contributed by atoms with E-state index in [1.54, 1.807) is 0 Å². The summed E-state index contributed by atoms with van der Waals surface area (Å²) in [6.07, 6.45) is 0.808. The number of ether oxygens (including phenoxy) is 1. The van der Waals surface area contributed by atoms with Gasteiger partial charge in [0.2, 0.25) is 5.91 Å². The molecule has 1 aromatic rings. The third kappa shape index (κ3) is 7.27. The minimum atomic E-state index is -0.0804. The van der Waals surface area contributed by atoms with Crippen LogP contribution in [0.15, 0.2) is 28.7 Å². The molecule has 0 fully saturated rings. The number of halogens is 1. The van der Waals surface area contributed by atoms with Crippen molar-refractivity contribution in [2.24, 2.45) is 0 Å². The molecule has 0 aliphatic heterocycles. The number of aliphatic hydroxyl groups excluding tert-OH is 1. The highest BCUT2D eigenvalue weighted by Gasteiger charge is 2.03. The number of carbonyl (C=O) groups excluding carboxylic acids is 1. The van der Waals surface area contributed by atoms with Crippen LogP contribution in [0.1, 0.15) is 6.42 Å². The van der Waals surface area contributed by atoms with E-state index in [0.29, 0.717) is 19.8 Å². The Morgan fingerprint density at radius 3 is 2.84 bits per heavy atom. The third-order valence-corrected chi connectivity index (χ3v) is 3.00. The van der Waals surface area contributed by atoms with Gasteiger partial charge in [0.25, 0.3) is 0 Å². The number of amides is 1. The topological polar surface area (TPSA) is 70.6 Å². The van der Waals surface area contributed by atoms with E-state index in [0.717, 1.165) is 16.6 Å². The summed E-state index contributed by atoms with van der Waals surface area (Å²) in [7, 11) is 0. The molecule has 0 bridgehead atoms. The molecule has 0 heterocycles. The maximum Gasteiger partial charge on any atom is 0.238 e. The molecular formula is C13H19BrN2O3. The van der Waals surface area contributed by atoms with E-state index in [9.17, 15) is 4.79 Å². The van der Waals surface area contributed by atoms with Crippen LogP contribution in [-0.2, 0) is 9.53 Å². The fraction of sp³-hybridized carbons (Fsp3) is 0.462. The Bertz CT molecular complexity index is 388. The second-order valence-electron chi connectivity index (χ2n) is 3.89. The van der Waals surface area contributed by atoms with Gasteiger partial charge in [0, 0.05) is 11.1 Å². The Kier molecular flexibility index (Phi) is 8.40. The van der Waals surface area contributed by atoms with Crippen molar-refractivity contribution in [1.82, 2.24) is 5.32 Å². The molecule has 19 heavy (non-hydrogen) atoms. The fourth-order valence-electron chi connectivity index (χ4n) is 1.42. The van der Waals surface area contributed by atoms with Crippen LogP contribution >= 0.6 is 15.9 Å². The van der Waals surface area contributed by atoms with E-state index < -0.39 is 0 Å². The molecule has 3 N–H and O–H groups in total. The second kappa shape index (κ2) is 9.91. The SMILES string of the molecule is O=C(CNCCCOCCO)Nc1ccccc1Br. The lowest BCUT2D eigenvalue weighted by molar-refractivity contribution is -0.115. The molecule has 1 rings (SSSR count). The molecule has 6 heteroatoms. The molecule has 0 aliphatic carbocycles. The van der Waals surface area contributed by atoms with Crippen LogP contribution < -0.4 is 10.6 Å². The van der Waals surface area contributed by atoms with Gasteiger partial charge >= 0.3 is 0 Å². The van der Waals surface area contributed by atoms with Crippen molar-refractivity contribution >= 4 is 27.5 Å².